The lowest BCUT2D eigenvalue weighted by atomic mass is 10.0. The number of aryl methyl sites for hydroxylation is 1. The Balaban J connectivity index is 3.29. The number of ketones is 1. The van der Waals surface area contributed by atoms with Gasteiger partial charge in [0, 0.05) is 0 Å². The maximum Gasteiger partial charge on any atom is 0.180 e. The van der Waals surface area contributed by atoms with Gasteiger partial charge in [0.1, 0.15) is 5.75 Å². The number of hydrogen-bond acceptors (Lipinski definition) is 3. The molecule has 0 saturated heterocycles. The summed E-state index contributed by atoms with van der Waals surface area (Å²) in [4.78, 5) is 11.7. The highest BCUT2D eigenvalue weighted by Crippen LogP contribution is 2.24. The molecule has 1 rings (SSSR count). The van der Waals surface area contributed by atoms with E-state index in [0.717, 1.165) is 16.7 Å². The summed E-state index contributed by atoms with van der Waals surface area (Å²) < 4.78 is 5.21. The van der Waals surface area contributed by atoms with E-state index in [4.69, 9.17) is 10.5 Å². The van der Waals surface area contributed by atoms with E-state index in [-0.39, 0.29) is 12.3 Å². The van der Waals surface area contributed by atoms with Gasteiger partial charge in [-0.3, -0.25) is 4.79 Å². The number of carbonyl (C=O) groups excluding carboxylic acids is 1. The van der Waals surface area contributed by atoms with E-state index in [2.05, 4.69) is 6.58 Å². The Hall–Kier alpha value is -1.87. The Morgan fingerprint density at radius 3 is 2.67 bits per heavy atom. The third kappa shape index (κ3) is 3.31. The molecule has 3 heteroatoms. The van der Waals surface area contributed by atoms with Gasteiger partial charge >= 0.3 is 0 Å². The normalized spacial score (nSPS) is 10.7. The minimum Gasteiger partial charge on any atom is -0.496 e. The summed E-state index contributed by atoms with van der Waals surface area (Å²) in [5.74, 6) is 0.437. The first-order valence-corrected chi connectivity index (χ1v) is 5.75. The molecule has 0 aliphatic carbocycles. The number of methoxy groups -OCH3 is 1. The summed E-state index contributed by atoms with van der Waals surface area (Å²) >= 11 is 0. The minimum absolute atomic E-state index is 0.0247. The van der Waals surface area contributed by atoms with Crippen LogP contribution in [0, 0.1) is 6.92 Å². The average molecular weight is 245 g/mol. The number of ether oxygens (including phenoxy) is 1. The summed E-state index contributed by atoms with van der Waals surface area (Å²) in [6.07, 6.45) is 3.84. The Morgan fingerprint density at radius 1 is 1.50 bits per heavy atom. The largest absolute Gasteiger partial charge is 0.496 e. The molecular formula is C15H19NO2. The molecule has 0 aliphatic rings. The first-order chi connectivity index (χ1) is 8.49. The number of allylic oxidation sites excluding steroid dienone is 2. The van der Waals surface area contributed by atoms with Crippen LogP contribution in [0.2, 0.25) is 0 Å². The molecule has 1 aromatic rings. The van der Waals surface area contributed by atoms with Crippen LogP contribution in [0.4, 0.5) is 0 Å². The number of rotatable bonds is 5. The fourth-order valence-electron chi connectivity index (χ4n) is 1.61. The molecule has 0 heterocycles. The van der Waals surface area contributed by atoms with Gasteiger partial charge in [0.25, 0.3) is 0 Å². The van der Waals surface area contributed by atoms with Crippen LogP contribution in [0.1, 0.15) is 28.4 Å². The van der Waals surface area contributed by atoms with Gasteiger partial charge in [0.05, 0.1) is 19.2 Å². The van der Waals surface area contributed by atoms with Gasteiger partial charge in [-0.15, -0.1) is 0 Å². The van der Waals surface area contributed by atoms with Crippen LogP contribution in [0.5, 0.6) is 5.75 Å². The zero-order valence-corrected chi connectivity index (χ0v) is 11.1. The second-order valence-corrected chi connectivity index (χ2v) is 4.22. The van der Waals surface area contributed by atoms with E-state index >= 15 is 0 Å². The predicted octanol–water partition coefficient (Wildman–Crippen LogP) is 2.73. The van der Waals surface area contributed by atoms with E-state index < -0.39 is 0 Å². The quantitative estimate of drug-likeness (QED) is 0.641. The van der Waals surface area contributed by atoms with Gasteiger partial charge in [-0.25, -0.2) is 0 Å². The third-order valence-corrected chi connectivity index (χ3v) is 2.62. The molecule has 1 aromatic carbocycles. The fourth-order valence-corrected chi connectivity index (χ4v) is 1.61. The van der Waals surface area contributed by atoms with Gasteiger partial charge in [-0.1, -0.05) is 24.3 Å². The lowest BCUT2D eigenvalue weighted by molar-refractivity contribution is 0.0998. The van der Waals surface area contributed by atoms with E-state index in [9.17, 15) is 4.79 Å². The Bertz CT molecular complexity index is 501. The van der Waals surface area contributed by atoms with E-state index in [0.29, 0.717) is 11.3 Å². The third-order valence-electron chi connectivity index (χ3n) is 2.62. The first kappa shape index (κ1) is 14.2. The molecule has 0 amide bonds. The Labute approximate surface area is 108 Å². The maximum absolute atomic E-state index is 11.7. The molecule has 0 radical (unpaired) electrons. The number of benzene rings is 1. The van der Waals surface area contributed by atoms with Crippen LogP contribution in [0.25, 0.3) is 6.08 Å². The zero-order chi connectivity index (χ0) is 13.7. The standard InChI is InChI=1S/C15H19NO2/c1-10(2)5-6-12-8-13(14(17)9-16)15(18-4)7-11(12)3/h5-8H,1,9,16H2,2-4H3/b6-5-. The van der Waals surface area contributed by atoms with E-state index in [1.165, 1.54) is 0 Å². The number of hydrogen-bond donors (Lipinski definition) is 1. The lowest BCUT2D eigenvalue weighted by Gasteiger charge is -2.10. The molecule has 18 heavy (non-hydrogen) atoms. The van der Waals surface area contributed by atoms with Gasteiger partial charge in [0.2, 0.25) is 0 Å². The van der Waals surface area contributed by atoms with Crippen LogP contribution in [0.15, 0.2) is 30.4 Å². The molecule has 0 fully saturated rings. The fraction of sp³-hybridized carbons (Fsp3) is 0.267. The molecule has 0 aliphatic heterocycles. The van der Waals surface area contributed by atoms with Crippen LogP contribution < -0.4 is 10.5 Å². The second-order valence-electron chi connectivity index (χ2n) is 4.22. The van der Waals surface area contributed by atoms with E-state index in [1.807, 2.05) is 38.1 Å². The molecule has 0 unspecified atom stereocenters. The summed E-state index contributed by atoms with van der Waals surface area (Å²) in [7, 11) is 1.55. The molecule has 96 valence electrons. The average Bonchev–Trinajstić information content (AvgIpc) is 2.35. The van der Waals surface area contributed by atoms with Gasteiger partial charge in [-0.2, -0.15) is 0 Å². The first-order valence-electron chi connectivity index (χ1n) is 5.75. The topological polar surface area (TPSA) is 52.3 Å². The van der Waals surface area contributed by atoms with Crippen molar-refractivity contribution in [2.45, 2.75) is 13.8 Å². The smallest absolute Gasteiger partial charge is 0.180 e. The van der Waals surface area contributed by atoms with Crippen molar-refractivity contribution in [3.8, 4) is 5.75 Å². The van der Waals surface area contributed by atoms with E-state index in [1.54, 1.807) is 7.11 Å². The van der Waals surface area contributed by atoms with Crippen LogP contribution in [-0.2, 0) is 0 Å². The highest BCUT2D eigenvalue weighted by atomic mass is 16.5. The zero-order valence-electron chi connectivity index (χ0n) is 11.1. The van der Waals surface area contributed by atoms with Crippen molar-refractivity contribution in [3.63, 3.8) is 0 Å². The number of carbonyl (C=O) groups is 1. The predicted molar refractivity (Wildman–Crippen MR) is 75.0 cm³/mol. The summed E-state index contributed by atoms with van der Waals surface area (Å²) in [6.45, 7) is 7.67. The van der Waals surface area contributed by atoms with Crippen LogP contribution in [0.3, 0.4) is 0 Å². The Kier molecular flexibility index (Phi) is 4.86. The maximum atomic E-state index is 11.7. The molecule has 3 nitrogen and oxygen atoms in total. The van der Waals surface area contributed by atoms with Crippen molar-refractivity contribution in [1.82, 2.24) is 0 Å². The number of Topliss-reactive ketones (excluding diaryl/α,β-unsaturated/α-hetero) is 1. The molecule has 0 atom stereocenters. The van der Waals surface area contributed by atoms with Gasteiger partial charge in [0.15, 0.2) is 5.78 Å². The van der Waals surface area contributed by atoms with Crippen molar-refractivity contribution < 1.29 is 9.53 Å². The second kappa shape index (κ2) is 6.17. The van der Waals surface area contributed by atoms with Crippen molar-refractivity contribution in [3.05, 3.63) is 47.1 Å². The van der Waals surface area contributed by atoms with Gasteiger partial charge < -0.3 is 10.5 Å². The summed E-state index contributed by atoms with van der Waals surface area (Å²) in [6, 6.07) is 3.66. The monoisotopic (exact) mass is 245 g/mol. The lowest BCUT2D eigenvalue weighted by Crippen LogP contribution is -2.15. The summed E-state index contributed by atoms with van der Waals surface area (Å²) in [5, 5.41) is 0. The van der Waals surface area contributed by atoms with Crippen LogP contribution in [-0.4, -0.2) is 19.4 Å². The Morgan fingerprint density at radius 2 is 2.17 bits per heavy atom. The molecule has 2 N–H and O–H groups in total. The molecule has 0 spiro atoms. The highest BCUT2D eigenvalue weighted by Gasteiger charge is 2.12. The highest BCUT2D eigenvalue weighted by molar-refractivity contribution is 6.00. The van der Waals surface area contributed by atoms with Crippen LogP contribution >= 0.6 is 0 Å². The molecule has 0 bridgehead atoms. The van der Waals surface area contributed by atoms with Crippen molar-refractivity contribution in [1.29, 1.82) is 0 Å². The molecule has 0 saturated carbocycles. The van der Waals surface area contributed by atoms with Gasteiger partial charge in [-0.05, 0) is 37.1 Å². The van der Waals surface area contributed by atoms with Crippen molar-refractivity contribution >= 4 is 11.9 Å². The number of nitrogens with two attached hydrogens (primary N) is 1. The minimum atomic E-state index is -0.128. The van der Waals surface area contributed by atoms with Crippen molar-refractivity contribution in [2.75, 3.05) is 13.7 Å². The summed E-state index contributed by atoms with van der Waals surface area (Å²) in [5.41, 5.74) is 8.88. The van der Waals surface area contributed by atoms with Crippen molar-refractivity contribution in [2.24, 2.45) is 5.73 Å². The SMILES string of the molecule is C=C(C)/C=C\c1cc(C(=O)CN)c(OC)cc1C. The molecular weight excluding hydrogens is 226 g/mol. The molecule has 0 aromatic heterocycles.